The van der Waals surface area contributed by atoms with Gasteiger partial charge < -0.3 is 5.32 Å². The molecule has 10 heteroatoms. The lowest BCUT2D eigenvalue weighted by Crippen LogP contribution is -2.14. The van der Waals surface area contributed by atoms with Gasteiger partial charge in [0.05, 0.1) is 28.7 Å². The van der Waals surface area contributed by atoms with Crippen molar-refractivity contribution in [1.82, 2.24) is 25.2 Å². The molecule has 0 radical (unpaired) electrons. The number of anilines is 1. The highest BCUT2D eigenvalue weighted by atomic mass is 19.4. The van der Waals surface area contributed by atoms with E-state index < -0.39 is 17.6 Å². The summed E-state index contributed by atoms with van der Waals surface area (Å²) < 4.78 is 40.0. The van der Waals surface area contributed by atoms with Crippen molar-refractivity contribution in [2.75, 3.05) is 5.32 Å². The SMILES string of the molecule is Cc1c(C(=O)Nc2ccc3[nH]ncc3c2)nnn1-c1cccc(C(F)(F)F)c1. The molecule has 0 fully saturated rings. The van der Waals surface area contributed by atoms with Gasteiger partial charge in [0.25, 0.3) is 5.91 Å². The van der Waals surface area contributed by atoms with Gasteiger partial charge in [-0.2, -0.15) is 18.3 Å². The first kappa shape index (κ1) is 17.7. The summed E-state index contributed by atoms with van der Waals surface area (Å²) in [5.41, 5.74) is 1.06. The van der Waals surface area contributed by atoms with Crippen molar-refractivity contribution in [1.29, 1.82) is 0 Å². The number of amides is 1. The molecule has 2 heterocycles. The van der Waals surface area contributed by atoms with Gasteiger partial charge in [-0.05, 0) is 43.3 Å². The Morgan fingerprint density at radius 1 is 1.18 bits per heavy atom. The second kappa shape index (κ2) is 6.48. The highest BCUT2D eigenvalue weighted by molar-refractivity contribution is 6.04. The predicted molar refractivity (Wildman–Crippen MR) is 95.1 cm³/mol. The monoisotopic (exact) mass is 386 g/mol. The summed E-state index contributed by atoms with van der Waals surface area (Å²) in [4.78, 5) is 12.5. The molecule has 0 atom stereocenters. The van der Waals surface area contributed by atoms with Crippen molar-refractivity contribution in [3.05, 3.63) is 65.6 Å². The fourth-order valence-corrected chi connectivity index (χ4v) is 2.81. The van der Waals surface area contributed by atoms with Crippen LogP contribution in [0, 0.1) is 6.92 Å². The summed E-state index contributed by atoms with van der Waals surface area (Å²) in [6.07, 6.45) is -2.85. The largest absolute Gasteiger partial charge is 0.416 e. The molecule has 142 valence electrons. The van der Waals surface area contributed by atoms with Crippen LogP contribution in [-0.2, 0) is 6.18 Å². The quantitative estimate of drug-likeness (QED) is 0.562. The Labute approximate surface area is 156 Å². The van der Waals surface area contributed by atoms with Crippen LogP contribution in [0.15, 0.2) is 48.7 Å². The number of nitrogens with zero attached hydrogens (tertiary/aromatic N) is 4. The molecule has 4 aromatic rings. The van der Waals surface area contributed by atoms with Crippen molar-refractivity contribution >= 4 is 22.5 Å². The number of fused-ring (bicyclic) bond motifs is 1. The first-order chi connectivity index (χ1) is 13.3. The maximum absolute atomic E-state index is 12.9. The Kier molecular flexibility index (Phi) is 4.10. The summed E-state index contributed by atoms with van der Waals surface area (Å²) in [7, 11) is 0. The predicted octanol–water partition coefficient (Wildman–Crippen LogP) is 3.72. The van der Waals surface area contributed by atoms with Crippen molar-refractivity contribution in [2.24, 2.45) is 0 Å². The molecular weight excluding hydrogens is 373 g/mol. The van der Waals surface area contributed by atoms with E-state index >= 15 is 0 Å². The zero-order valence-corrected chi connectivity index (χ0v) is 14.4. The molecule has 28 heavy (non-hydrogen) atoms. The smallest absolute Gasteiger partial charge is 0.321 e. The lowest BCUT2D eigenvalue weighted by atomic mass is 10.2. The van der Waals surface area contributed by atoms with Gasteiger partial charge in [0.15, 0.2) is 5.69 Å². The number of benzene rings is 2. The molecule has 0 bridgehead atoms. The molecule has 0 aliphatic heterocycles. The summed E-state index contributed by atoms with van der Waals surface area (Å²) in [5.74, 6) is -0.515. The van der Waals surface area contributed by atoms with Gasteiger partial charge in [0.1, 0.15) is 0 Å². The molecule has 7 nitrogen and oxygen atoms in total. The second-order valence-electron chi connectivity index (χ2n) is 6.11. The number of carbonyl (C=O) groups is 1. The molecule has 4 rings (SSSR count). The van der Waals surface area contributed by atoms with E-state index in [4.69, 9.17) is 0 Å². The molecule has 2 N–H and O–H groups in total. The lowest BCUT2D eigenvalue weighted by Gasteiger charge is -2.09. The van der Waals surface area contributed by atoms with Gasteiger partial charge in [-0.25, -0.2) is 4.68 Å². The molecular formula is C18H13F3N6O. The number of halogens is 3. The van der Waals surface area contributed by atoms with Crippen molar-refractivity contribution in [2.45, 2.75) is 13.1 Å². The fraction of sp³-hybridized carbons (Fsp3) is 0.111. The van der Waals surface area contributed by atoms with Gasteiger partial charge in [-0.3, -0.25) is 9.89 Å². The maximum Gasteiger partial charge on any atom is 0.416 e. The number of nitrogens with one attached hydrogen (secondary N) is 2. The van der Waals surface area contributed by atoms with Crippen LogP contribution in [0.1, 0.15) is 21.7 Å². The number of rotatable bonds is 3. The number of H-pyrrole nitrogens is 1. The summed E-state index contributed by atoms with van der Waals surface area (Å²) >= 11 is 0. The molecule has 1 amide bonds. The number of carbonyl (C=O) groups excluding carboxylic acids is 1. The minimum Gasteiger partial charge on any atom is -0.321 e. The average molecular weight is 386 g/mol. The normalized spacial score (nSPS) is 11.7. The van der Waals surface area contributed by atoms with Gasteiger partial charge >= 0.3 is 6.18 Å². The van der Waals surface area contributed by atoms with Gasteiger partial charge in [-0.15, -0.1) is 5.10 Å². The molecule has 0 unspecified atom stereocenters. The third-order valence-corrected chi connectivity index (χ3v) is 4.23. The third-order valence-electron chi connectivity index (χ3n) is 4.23. The number of hydrogen-bond acceptors (Lipinski definition) is 4. The van der Waals surface area contributed by atoms with Crippen LogP contribution in [0.3, 0.4) is 0 Å². The topological polar surface area (TPSA) is 88.5 Å². The van der Waals surface area contributed by atoms with Crippen LogP contribution in [-0.4, -0.2) is 31.1 Å². The first-order valence-electron chi connectivity index (χ1n) is 8.17. The number of aromatic nitrogens is 5. The molecule has 2 aromatic heterocycles. The second-order valence-corrected chi connectivity index (χ2v) is 6.11. The zero-order valence-electron chi connectivity index (χ0n) is 14.4. The molecule has 0 saturated heterocycles. The average Bonchev–Trinajstić information content (AvgIpc) is 3.27. The molecule has 0 aliphatic carbocycles. The van der Waals surface area contributed by atoms with Crippen LogP contribution in [0.5, 0.6) is 0 Å². The van der Waals surface area contributed by atoms with E-state index in [1.54, 1.807) is 31.3 Å². The Morgan fingerprint density at radius 3 is 2.79 bits per heavy atom. The van der Waals surface area contributed by atoms with Crippen LogP contribution in [0.2, 0.25) is 0 Å². The maximum atomic E-state index is 12.9. The Morgan fingerprint density at radius 2 is 2.00 bits per heavy atom. The van der Waals surface area contributed by atoms with E-state index in [-0.39, 0.29) is 11.4 Å². The summed E-state index contributed by atoms with van der Waals surface area (Å²) in [6, 6.07) is 9.87. The van der Waals surface area contributed by atoms with Crippen molar-refractivity contribution in [3.8, 4) is 5.69 Å². The van der Waals surface area contributed by atoms with E-state index in [2.05, 4.69) is 25.8 Å². The lowest BCUT2D eigenvalue weighted by molar-refractivity contribution is -0.137. The van der Waals surface area contributed by atoms with Crippen molar-refractivity contribution < 1.29 is 18.0 Å². The molecule has 0 saturated carbocycles. The van der Waals surface area contributed by atoms with E-state index in [0.29, 0.717) is 11.4 Å². The van der Waals surface area contributed by atoms with E-state index in [0.717, 1.165) is 23.0 Å². The van der Waals surface area contributed by atoms with E-state index in [1.807, 2.05) is 0 Å². The van der Waals surface area contributed by atoms with Crippen molar-refractivity contribution in [3.63, 3.8) is 0 Å². The summed E-state index contributed by atoms with van der Waals surface area (Å²) in [6.45, 7) is 1.56. The van der Waals surface area contributed by atoms with Crippen LogP contribution in [0.4, 0.5) is 18.9 Å². The fourth-order valence-electron chi connectivity index (χ4n) is 2.81. The summed E-state index contributed by atoms with van der Waals surface area (Å²) in [5, 5.41) is 17.9. The number of aromatic amines is 1. The minimum atomic E-state index is -4.48. The number of alkyl halides is 3. The third kappa shape index (κ3) is 3.20. The first-order valence-corrected chi connectivity index (χ1v) is 8.17. The molecule has 0 spiro atoms. The van der Waals surface area contributed by atoms with Crippen LogP contribution >= 0.6 is 0 Å². The standard InChI is InChI=1S/C18H13F3N6O/c1-10-16(17(28)23-13-5-6-15-11(7-13)9-22-24-15)25-26-27(10)14-4-2-3-12(8-14)18(19,20)21/h2-9H,1H3,(H,22,24)(H,23,28). The van der Waals surface area contributed by atoms with Gasteiger partial charge in [-0.1, -0.05) is 11.3 Å². The van der Waals surface area contributed by atoms with E-state index in [1.165, 1.54) is 16.8 Å². The minimum absolute atomic E-state index is 0.0182. The van der Waals surface area contributed by atoms with Crippen LogP contribution in [0.25, 0.3) is 16.6 Å². The highest BCUT2D eigenvalue weighted by Gasteiger charge is 2.31. The van der Waals surface area contributed by atoms with Crippen LogP contribution < -0.4 is 5.32 Å². The highest BCUT2D eigenvalue weighted by Crippen LogP contribution is 2.30. The Bertz CT molecular complexity index is 1180. The zero-order chi connectivity index (χ0) is 19.9. The number of hydrogen-bond donors (Lipinski definition) is 2. The Balaban J connectivity index is 1.62. The molecule has 2 aromatic carbocycles. The van der Waals surface area contributed by atoms with Gasteiger partial charge in [0, 0.05) is 11.1 Å². The van der Waals surface area contributed by atoms with E-state index in [9.17, 15) is 18.0 Å². The molecule has 0 aliphatic rings. The van der Waals surface area contributed by atoms with Gasteiger partial charge in [0.2, 0.25) is 0 Å². The Hall–Kier alpha value is -3.69.